The number of methoxy groups -OCH3 is 1. The summed E-state index contributed by atoms with van der Waals surface area (Å²) in [6.45, 7) is 3.63. The van der Waals surface area contributed by atoms with Crippen LogP contribution < -0.4 is 9.54 Å². The molecule has 0 aliphatic carbocycles. The number of carbonyl (C=O) groups excluding carboxylic acids is 1. The zero-order chi connectivity index (χ0) is 23.6. The molecule has 2 heterocycles. The molecule has 1 amide bonds. The van der Waals surface area contributed by atoms with E-state index in [9.17, 15) is 13.2 Å². The topological polar surface area (TPSA) is 90.2 Å². The van der Waals surface area contributed by atoms with E-state index in [1.165, 1.54) is 39.9 Å². The maximum Gasteiger partial charge on any atom is 0.279 e. The Morgan fingerprint density at radius 2 is 2.03 bits per heavy atom. The highest BCUT2D eigenvalue weighted by Gasteiger charge is 2.26. The van der Waals surface area contributed by atoms with Crippen molar-refractivity contribution < 1.29 is 22.7 Å². The third-order valence-corrected chi connectivity index (χ3v) is 8.58. The van der Waals surface area contributed by atoms with Crippen molar-refractivity contribution in [3.63, 3.8) is 0 Å². The molecule has 1 unspecified atom stereocenters. The van der Waals surface area contributed by atoms with Gasteiger partial charge in [0.25, 0.3) is 5.91 Å². The SMILES string of the molecule is CCn1c(=NC(=O)c2ccc(S(=O)(=O)N(C)CC3CCCO3)cc2)sc2cc(OC)ccc21. The van der Waals surface area contributed by atoms with E-state index < -0.39 is 15.9 Å². The van der Waals surface area contributed by atoms with Crippen LogP contribution in [0.25, 0.3) is 10.2 Å². The molecule has 176 valence electrons. The second-order valence-corrected chi connectivity index (χ2v) is 10.9. The molecule has 0 saturated carbocycles. The highest BCUT2D eigenvalue weighted by atomic mass is 32.2. The Labute approximate surface area is 197 Å². The second-order valence-electron chi connectivity index (χ2n) is 7.82. The van der Waals surface area contributed by atoms with Gasteiger partial charge in [0.2, 0.25) is 10.0 Å². The second kappa shape index (κ2) is 9.76. The first kappa shape index (κ1) is 23.6. The van der Waals surface area contributed by atoms with Crippen LogP contribution in [0.1, 0.15) is 30.1 Å². The molecule has 1 aromatic heterocycles. The minimum atomic E-state index is -3.66. The third-order valence-electron chi connectivity index (χ3n) is 5.70. The molecule has 3 aromatic rings. The zero-order valence-electron chi connectivity index (χ0n) is 18.9. The molecular formula is C23H27N3O5S2. The van der Waals surface area contributed by atoms with Crippen LogP contribution in [0.4, 0.5) is 0 Å². The Hall–Kier alpha value is -2.53. The fourth-order valence-electron chi connectivity index (χ4n) is 3.85. The Morgan fingerprint density at radius 3 is 2.67 bits per heavy atom. The number of fused-ring (bicyclic) bond motifs is 1. The van der Waals surface area contributed by atoms with Crippen LogP contribution in [0.2, 0.25) is 0 Å². The number of thiazole rings is 1. The number of carbonyl (C=O) groups is 1. The van der Waals surface area contributed by atoms with Crippen molar-refractivity contribution in [2.75, 3.05) is 27.3 Å². The van der Waals surface area contributed by atoms with E-state index in [1.807, 2.05) is 29.7 Å². The smallest absolute Gasteiger partial charge is 0.279 e. The predicted molar refractivity (Wildman–Crippen MR) is 127 cm³/mol. The van der Waals surface area contributed by atoms with Crippen molar-refractivity contribution >= 4 is 37.5 Å². The minimum Gasteiger partial charge on any atom is -0.497 e. The van der Waals surface area contributed by atoms with Gasteiger partial charge in [-0.25, -0.2) is 8.42 Å². The molecule has 8 nitrogen and oxygen atoms in total. The molecule has 1 atom stereocenters. The molecule has 0 radical (unpaired) electrons. The molecule has 10 heteroatoms. The largest absolute Gasteiger partial charge is 0.497 e. The molecule has 1 saturated heterocycles. The van der Waals surface area contributed by atoms with Crippen molar-refractivity contribution in [3.05, 3.63) is 52.8 Å². The maximum absolute atomic E-state index is 12.9. The average molecular weight is 490 g/mol. The van der Waals surface area contributed by atoms with Crippen molar-refractivity contribution in [3.8, 4) is 5.75 Å². The predicted octanol–water partition coefficient (Wildman–Crippen LogP) is 3.27. The first-order valence-corrected chi connectivity index (χ1v) is 13.0. The van der Waals surface area contributed by atoms with Crippen molar-refractivity contribution in [2.45, 2.75) is 37.3 Å². The highest BCUT2D eigenvalue weighted by molar-refractivity contribution is 7.89. The van der Waals surface area contributed by atoms with Crippen molar-refractivity contribution in [1.29, 1.82) is 0 Å². The molecule has 0 spiro atoms. The van der Waals surface area contributed by atoms with Gasteiger partial charge in [0, 0.05) is 32.3 Å². The molecule has 33 heavy (non-hydrogen) atoms. The van der Waals surface area contributed by atoms with Crippen LogP contribution in [-0.2, 0) is 21.3 Å². The summed E-state index contributed by atoms with van der Waals surface area (Å²) in [5, 5.41) is 0. The Morgan fingerprint density at radius 1 is 1.27 bits per heavy atom. The Bertz CT molecular complexity index is 1320. The lowest BCUT2D eigenvalue weighted by atomic mass is 10.2. The van der Waals surface area contributed by atoms with E-state index in [0.717, 1.165) is 28.8 Å². The summed E-state index contributed by atoms with van der Waals surface area (Å²) in [5.74, 6) is 0.318. The summed E-state index contributed by atoms with van der Waals surface area (Å²) in [6.07, 6.45) is 1.73. The monoisotopic (exact) mass is 489 g/mol. The average Bonchev–Trinajstić information content (AvgIpc) is 3.45. The van der Waals surface area contributed by atoms with Crippen LogP contribution in [0, 0.1) is 0 Å². The summed E-state index contributed by atoms with van der Waals surface area (Å²) in [6, 6.07) is 11.7. The molecule has 1 fully saturated rings. The number of hydrogen-bond acceptors (Lipinski definition) is 6. The summed E-state index contributed by atoms with van der Waals surface area (Å²) in [5.41, 5.74) is 1.30. The van der Waals surface area contributed by atoms with Gasteiger partial charge in [0.15, 0.2) is 4.80 Å². The summed E-state index contributed by atoms with van der Waals surface area (Å²) in [7, 11) is -0.505. The highest BCUT2D eigenvalue weighted by Crippen LogP contribution is 2.23. The number of rotatable bonds is 7. The standard InChI is InChI=1S/C23H27N3O5S2/c1-4-26-20-12-9-17(30-3)14-21(20)32-23(26)24-22(27)16-7-10-19(11-8-16)33(28,29)25(2)15-18-6-5-13-31-18/h7-12,14,18H,4-6,13,15H2,1-3H3. The van der Waals surface area contributed by atoms with Crippen LogP contribution in [-0.4, -0.2) is 56.6 Å². The summed E-state index contributed by atoms with van der Waals surface area (Å²) in [4.78, 5) is 17.9. The Balaban J connectivity index is 1.58. The van der Waals surface area contributed by atoms with Crippen molar-refractivity contribution in [2.24, 2.45) is 4.99 Å². The molecule has 1 aliphatic rings. The Kier molecular flexibility index (Phi) is 6.99. The number of aryl methyl sites for hydroxylation is 1. The fraction of sp³-hybridized carbons (Fsp3) is 0.391. The normalized spacial score (nSPS) is 17.2. The van der Waals surface area contributed by atoms with Gasteiger partial charge in [-0.3, -0.25) is 4.79 Å². The van der Waals surface area contributed by atoms with E-state index in [1.54, 1.807) is 14.2 Å². The lowest BCUT2D eigenvalue weighted by molar-refractivity contribution is 0.0979. The molecule has 0 bridgehead atoms. The zero-order valence-corrected chi connectivity index (χ0v) is 20.5. The van der Waals surface area contributed by atoms with Crippen LogP contribution in [0.3, 0.4) is 0 Å². The summed E-state index contributed by atoms with van der Waals surface area (Å²) >= 11 is 1.41. The van der Waals surface area contributed by atoms with Crippen molar-refractivity contribution in [1.82, 2.24) is 8.87 Å². The molecular weight excluding hydrogens is 462 g/mol. The molecule has 1 aliphatic heterocycles. The van der Waals surface area contributed by atoms with Gasteiger partial charge in [0.1, 0.15) is 5.75 Å². The number of sulfonamides is 1. The van der Waals surface area contributed by atoms with E-state index in [4.69, 9.17) is 9.47 Å². The van der Waals surface area contributed by atoms with Gasteiger partial charge < -0.3 is 14.0 Å². The number of likely N-dealkylation sites (N-methyl/N-ethyl adjacent to an activating group) is 1. The molecule has 4 rings (SSSR count). The molecule has 2 aromatic carbocycles. The van der Waals surface area contributed by atoms with Gasteiger partial charge in [-0.1, -0.05) is 11.3 Å². The van der Waals surface area contributed by atoms with Gasteiger partial charge >= 0.3 is 0 Å². The number of ether oxygens (including phenoxy) is 2. The number of benzene rings is 2. The van der Waals surface area contributed by atoms with Gasteiger partial charge in [-0.05, 0) is 62.2 Å². The number of nitrogens with zero attached hydrogens (tertiary/aromatic N) is 3. The van der Waals surface area contributed by atoms with E-state index in [0.29, 0.717) is 30.1 Å². The van der Waals surface area contributed by atoms with Crippen LogP contribution in [0.15, 0.2) is 52.4 Å². The number of amides is 1. The number of aromatic nitrogens is 1. The first-order chi connectivity index (χ1) is 15.8. The van der Waals surface area contributed by atoms with Gasteiger partial charge in [0.05, 0.1) is 28.3 Å². The lowest BCUT2D eigenvalue weighted by Crippen LogP contribution is -2.34. The van der Waals surface area contributed by atoms with Gasteiger partial charge in [-0.2, -0.15) is 9.30 Å². The third kappa shape index (κ3) is 4.89. The van der Waals surface area contributed by atoms with E-state index in [2.05, 4.69) is 4.99 Å². The van der Waals surface area contributed by atoms with Crippen LogP contribution in [0.5, 0.6) is 5.75 Å². The van der Waals surface area contributed by atoms with E-state index >= 15 is 0 Å². The quantitative estimate of drug-likeness (QED) is 0.508. The van der Waals surface area contributed by atoms with E-state index in [-0.39, 0.29) is 11.0 Å². The minimum absolute atomic E-state index is 0.0732. The number of hydrogen-bond donors (Lipinski definition) is 0. The molecule has 0 N–H and O–H groups in total. The first-order valence-electron chi connectivity index (χ1n) is 10.8. The van der Waals surface area contributed by atoms with Crippen LogP contribution >= 0.6 is 11.3 Å². The fourth-order valence-corrected chi connectivity index (χ4v) is 6.17. The lowest BCUT2D eigenvalue weighted by Gasteiger charge is -2.20. The summed E-state index contributed by atoms with van der Waals surface area (Å²) < 4.78 is 40.8. The van der Waals surface area contributed by atoms with Gasteiger partial charge in [-0.15, -0.1) is 0 Å². The maximum atomic E-state index is 12.9.